The van der Waals surface area contributed by atoms with Gasteiger partial charge in [0.2, 0.25) is 0 Å². The predicted molar refractivity (Wildman–Crippen MR) is 109 cm³/mol. The number of ether oxygens (including phenoxy) is 1. The van der Waals surface area contributed by atoms with Crippen molar-refractivity contribution in [2.24, 2.45) is 11.3 Å². The molecule has 0 bridgehead atoms. The quantitative estimate of drug-likeness (QED) is 0.573. The van der Waals surface area contributed by atoms with E-state index in [1.54, 1.807) is 12.1 Å². The van der Waals surface area contributed by atoms with Crippen molar-refractivity contribution in [3.8, 4) is 5.75 Å². The second-order valence-electron chi connectivity index (χ2n) is 9.17. The van der Waals surface area contributed by atoms with Crippen LogP contribution in [-0.4, -0.2) is 21.6 Å². The standard InChI is InChI=1S/C21H31FN2O3S/c1-20(2,3)10-4-5-13-23-28(25,26)24-21(11-12-21)17-8-9-18(22)19(14-17)27-15-16-6-7-16/h4-5,8-9,14,16,23-24H,6-7,10-13,15H2,1-3H3/b5-4+. The average molecular weight is 411 g/mol. The van der Waals surface area contributed by atoms with E-state index in [9.17, 15) is 12.8 Å². The Morgan fingerprint density at radius 3 is 2.57 bits per heavy atom. The first-order chi connectivity index (χ1) is 13.1. The molecule has 0 unspecified atom stereocenters. The van der Waals surface area contributed by atoms with Gasteiger partial charge in [-0.05, 0) is 61.1 Å². The molecule has 2 aliphatic carbocycles. The zero-order valence-electron chi connectivity index (χ0n) is 16.9. The third kappa shape index (κ3) is 6.29. The molecule has 0 heterocycles. The molecule has 3 rings (SSSR count). The van der Waals surface area contributed by atoms with Crippen molar-refractivity contribution in [3.63, 3.8) is 0 Å². The molecule has 1 aromatic carbocycles. The molecule has 7 heteroatoms. The van der Waals surface area contributed by atoms with Crippen LogP contribution in [0.5, 0.6) is 5.75 Å². The number of rotatable bonds is 10. The maximum atomic E-state index is 14.0. The molecule has 0 amide bonds. The topological polar surface area (TPSA) is 67.4 Å². The first-order valence-corrected chi connectivity index (χ1v) is 11.4. The summed E-state index contributed by atoms with van der Waals surface area (Å²) >= 11 is 0. The minimum Gasteiger partial charge on any atom is -0.490 e. The van der Waals surface area contributed by atoms with E-state index in [0.717, 1.165) is 24.8 Å². The summed E-state index contributed by atoms with van der Waals surface area (Å²) < 4.78 is 49.8. The Hall–Kier alpha value is -1.44. The van der Waals surface area contributed by atoms with Crippen molar-refractivity contribution >= 4 is 10.2 Å². The number of nitrogens with one attached hydrogen (secondary N) is 2. The van der Waals surface area contributed by atoms with E-state index in [-0.39, 0.29) is 17.7 Å². The van der Waals surface area contributed by atoms with Crippen molar-refractivity contribution in [1.82, 2.24) is 9.44 Å². The highest BCUT2D eigenvalue weighted by Crippen LogP contribution is 2.47. The molecule has 0 saturated heterocycles. The SMILES string of the molecule is CC(C)(C)C/C=C/CNS(=O)(=O)NC1(c2ccc(F)c(OCC3CC3)c2)CC1. The maximum Gasteiger partial charge on any atom is 0.278 e. The van der Waals surface area contributed by atoms with Crippen LogP contribution in [0, 0.1) is 17.2 Å². The van der Waals surface area contributed by atoms with Gasteiger partial charge in [-0.25, -0.2) is 4.39 Å². The third-order valence-electron chi connectivity index (χ3n) is 5.02. The van der Waals surface area contributed by atoms with E-state index in [2.05, 4.69) is 30.2 Å². The summed E-state index contributed by atoms with van der Waals surface area (Å²) in [5.74, 6) is 0.310. The molecule has 156 valence electrons. The molecule has 2 N–H and O–H groups in total. The fraction of sp³-hybridized carbons (Fsp3) is 0.619. The Bertz CT molecular complexity index is 823. The lowest BCUT2D eigenvalue weighted by atomic mass is 9.92. The summed E-state index contributed by atoms with van der Waals surface area (Å²) in [6.45, 7) is 7.14. The molecule has 0 spiro atoms. The Kier molecular flexibility index (Phi) is 6.17. The number of hydrogen-bond acceptors (Lipinski definition) is 3. The van der Waals surface area contributed by atoms with E-state index >= 15 is 0 Å². The molecule has 2 saturated carbocycles. The van der Waals surface area contributed by atoms with E-state index < -0.39 is 21.6 Å². The smallest absolute Gasteiger partial charge is 0.278 e. The van der Waals surface area contributed by atoms with Crippen LogP contribution in [-0.2, 0) is 15.7 Å². The number of allylic oxidation sites excluding steroid dienone is 1. The van der Waals surface area contributed by atoms with Crippen LogP contribution in [0.15, 0.2) is 30.4 Å². The molecule has 28 heavy (non-hydrogen) atoms. The van der Waals surface area contributed by atoms with Gasteiger partial charge in [-0.3, -0.25) is 0 Å². The summed E-state index contributed by atoms with van der Waals surface area (Å²) in [5, 5.41) is 0. The van der Waals surface area contributed by atoms with Crippen LogP contribution >= 0.6 is 0 Å². The van der Waals surface area contributed by atoms with E-state index in [0.29, 0.717) is 25.4 Å². The van der Waals surface area contributed by atoms with Crippen LogP contribution in [0.2, 0.25) is 0 Å². The van der Waals surface area contributed by atoms with Crippen LogP contribution in [0.1, 0.15) is 58.4 Å². The fourth-order valence-electron chi connectivity index (χ4n) is 2.95. The molecule has 2 aliphatic rings. The van der Waals surface area contributed by atoms with Gasteiger partial charge >= 0.3 is 0 Å². The molecular formula is C21H31FN2O3S. The minimum atomic E-state index is -3.67. The highest BCUT2D eigenvalue weighted by atomic mass is 32.2. The van der Waals surface area contributed by atoms with Gasteiger partial charge in [0.1, 0.15) is 0 Å². The van der Waals surface area contributed by atoms with Crippen molar-refractivity contribution in [3.05, 3.63) is 41.7 Å². The fourth-order valence-corrected chi connectivity index (χ4v) is 4.17. The highest BCUT2D eigenvalue weighted by Gasteiger charge is 2.47. The Morgan fingerprint density at radius 1 is 1.25 bits per heavy atom. The third-order valence-corrected chi connectivity index (χ3v) is 6.23. The van der Waals surface area contributed by atoms with E-state index in [1.165, 1.54) is 6.07 Å². The lowest BCUT2D eigenvalue weighted by Crippen LogP contribution is -2.42. The summed E-state index contributed by atoms with van der Waals surface area (Å²) in [4.78, 5) is 0. The number of benzene rings is 1. The Labute approximate surface area is 167 Å². The molecule has 5 nitrogen and oxygen atoms in total. The first-order valence-electron chi connectivity index (χ1n) is 9.95. The van der Waals surface area contributed by atoms with Crippen LogP contribution in [0.3, 0.4) is 0 Å². The Morgan fingerprint density at radius 2 is 1.96 bits per heavy atom. The zero-order chi connectivity index (χ0) is 20.4. The van der Waals surface area contributed by atoms with E-state index in [1.807, 2.05) is 12.2 Å². The van der Waals surface area contributed by atoms with Crippen molar-refractivity contribution in [2.75, 3.05) is 13.2 Å². The van der Waals surface area contributed by atoms with Gasteiger partial charge in [-0.1, -0.05) is 39.0 Å². The molecule has 0 aromatic heterocycles. The van der Waals surface area contributed by atoms with Crippen molar-refractivity contribution in [1.29, 1.82) is 0 Å². The van der Waals surface area contributed by atoms with Crippen molar-refractivity contribution < 1.29 is 17.5 Å². The lowest BCUT2D eigenvalue weighted by Gasteiger charge is -2.19. The second kappa shape index (κ2) is 8.13. The normalized spacial score (nSPS) is 19.1. The molecule has 1 aromatic rings. The van der Waals surface area contributed by atoms with Gasteiger partial charge in [0.15, 0.2) is 11.6 Å². The molecule has 0 aliphatic heterocycles. The predicted octanol–water partition coefficient (Wildman–Crippen LogP) is 4.02. The van der Waals surface area contributed by atoms with Crippen LogP contribution < -0.4 is 14.2 Å². The summed E-state index contributed by atoms with van der Waals surface area (Å²) in [5.41, 5.74) is 0.244. The van der Waals surface area contributed by atoms with Gasteiger partial charge < -0.3 is 4.74 Å². The summed E-state index contributed by atoms with van der Waals surface area (Å²) in [7, 11) is -3.67. The largest absolute Gasteiger partial charge is 0.490 e. The molecular weight excluding hydrogens is 379 g/mol. The molecule has 2 fully saturated rings. The molecule has 0 radical (unpaired) electrons. The highest BCUT2D eigenvalue weighted by molar-refractivity contribution is 7.87. The van der Waals surface area contributed by atoms with E-state index in [4.69, 9.17) is 4.74 Å². The van der Waals surface area contributed by atoms with Gasteiger partial charge in [0, 0.05) is 6.54 Å². The molecule has 0 atom stereocenters. The average Bonchev–Trinajstić information content (AvgIpc) is 3.49. The van der Waals surface area contributed by atoms with Gasteiger partial charge in [0.05, 0.1) is 12.1 Å². The van der Waals surface area contributed by atoms with Gasteiger partial charge in [0.25, 0.3) is 10.2 Å². The summed E-state index contributed by atoms with van der Waals surface area (Å²) in [6.07, 6.45) is 8.31. The summed E-state index contributed by atoms with van der Waals surface area (Å²) in [6, 6.07) is 4.63. The first kappa shape index (κ1) is 21.3. The van der Waals surface area contributed by atoms with Gasteiger partial charge in [-0.2, -0.15) is 17.9 Å². The van der Waals surface area contributed by atoms with Crippen LogP contribution in [0.25, 0.3) is 0 Å². The minimum absolute atomic E-state index is 0.174. The monoisotopic (exact) mass is 410 g/mol. The lowest BCUT2D eigenvalue weighted by molar-refractivity contribution is 0.284. The second-order valence-corrected chi connectivity index (χ2v) is 10.7. The zero-order valence-corrected chi connectivity index (χ0v) is 17.7. The number of halogens is 1. The Balaban J connectivity index is 1.59. The van der Waals surface area contributed by atoms with Crippen molar-refractivity contribution in [2.45, 2.75) is 58.4 Å². The maximum absolute atomic E-state index is 14.0. The number of hydrogen-bond donors (Lipinski definition) is 2. The van der Waals surface area contributed by atoms with Gasteiger partial charge in [-0.15, -0.1) is 0 Å². The van der Waals surface area contributed by atoms with Crippen LogP contribution in [0.4, 0.5) is 4.39 Å².